The van der Waals surface area contributed by atoms with Gasteiger partial charge in [-0.2, -0.15) is 12.7 Å². The summed E-state index contributed by atoms with van der Waals surface area (Å²) >= 11 is 0. The average Bonchev–Trinajstić information content (AvgIpc) is 2.43. The summed E-state index contributed by atoms with van der Waals surface area (Å²) in [6.07, 6.45) is 0. The Morgan fingerprint density at radius 3 is 2.70 bits per heavy atom. The topological polar surface area (TPSA) is 70.7 Å². The van der Waals surface area contributed by atoms with Crippen molar-refractivity contribution >= 4 is 15.9 Å². The Bertz CT molecular complexity index is 554. The number of aryl methyl sites for hydroxylation is 1. The van der Waals surface area contributed by atoms with Crippen LogP contribution in [0.4, 0.5) is 5.69 Å². The number of piperazine rings is 1. The summed E-state index contributed by atoms with van der Waals surface area (Å²) in [5.74, 6) is 0.561. The van der Waals surface area contributed by atoms with Crippen molar-refractivity contribution in [2.75, 3.05) is 37.5 Å². The van der Waals surface area contributed by atoms with Gasteiger partial charge in [-0.15, -0.1) is 0 Å². The van der Waals surface area contributed by atoms with Crippen molar-refractivity contribution in [2.24, 2.45) is 0 Å². The van der Waals surface area contributed by atoms with E-state index < -0.39 is 10.2 Å². The van der Waals surface area contributed by atoms with Crippen LogP contribution >= 0.6 is 0 Å². The lowest BCUT2D eigenvalue weighted by molar-refractivity contribution is 0.341. The summed E-state index contributed by atoms with van der Waals surface area (Å²) in [5, 5.41) is 3.13. The molecular formula is C13H21N3O3S. The number of benzene rings is 1. The second kappa shape index (κ2) is 6.43. The molecule has 1 aromatic rings. The first-order chi connectivity index (χ1) is 9.53. The summed E-state index contributed by atoms with van der Waals surface area (Å²) < 4.78 is 34.2. The van der Waals surface area contributed by atoms with Crippen LogP contribution in [0.3, 0.4) is 0 Å². The maximum atomic E-state index is 12.3. The van der Waals surface area contributed by atoms with Crippen LogP contribution in [0, 0.1) is 6.92 Å². The van der Waals surface area contributed by atoms with E-state index in [1.165, 1.54) is 4.31 Å². The van der Waals surface area contributed by atoms with Crippen LogP contribution in [0.2, 0.25) is 0 Å². The lowest BCUT2D eigenvalue weighted by Gasteiger charge is -2.27. The molecule has 0 unspecified atom stereocenters. The number of rotatable bonds is 5. The van der Waals surface area contributed by atoms with Gasteiger partial charge in [0.2, 0.25) is 0 Å². The fraction of sp³-hybridized carbons (Fsp3) is 0.538. The van der Waals surface area contributed by atoms with Crippen molar-refractivity contribution in [3.8, 4) is 5.75 Å². The molecule has 1 saturated heterocycles. The standard InChI is InChI=1S/C13H21N3O3S/c1-3-19-13-10-11(2)4-5-12(13)15-20(17,18)16-8-6-14-7-9-16/h4-5,10,14-15H,3,6-9H2,1-2H3. The molecule has 2 rings (SSSR count). The van der Waals surface area contributed by atoms with Gasteiger partial charge in [-0.1, -0.05) is 6.07 Å². The number of hydrogen-bond donors (Lipinski definition) is 2. The molecule has 0 aliphatic carbocycles. The van der Waals surface area contributed by atoms with Crippen molar-refractivity contribution in [2.45, 2.75) is 13.8 Å². The van der Waals surface area contributed by atoms with Crippen LogP contribution in [-0.4, -0.2) is 45.5 Å². The van der Waals surface area contributed by atoms with Crippen LogP contribution in [0.5, 0.6) is 5.75 Å². The van der Waals surface area contributed by atoms with E-state index in [1.807, 2.05) is 26.0 Å². The molecule has 1 aliphatic rings. The van der Waals surface area contributed by atoms with Gasteiger partial charge < -0.3 is 10.1 Å². The number of nitrogens with one attached hydrogen (secondary N) is 2. The molecule has 0 saturated carbocycles. The molecular weight excluding hydrogens is 278 g/mol. The van der Waals surface area contributed by atoms with Crippen molar-refractivity contribution in [3.63, 3.8) is 0 Å². The van der Waals surface area contributed by atoms with E-state index in [-0.39, 0.29) is 0 Å². The average molecular weight is 299 g/mol. The molecule has 20 heavy (non-hydrogen) atoms. The molecule has 1 heterocycles. The highest BCUT2D eigenvalue weighted by Gasteiger charge is 2.24. The van der Waals surface area contributed by atoms with Gasteiger partial charge in [-0.3, -0.25) is 4.72 Å². The van der Waals surface area contributed by atoms with Crippen molar-refractivity contribution < 1.29 is 13.2 Å². The summed E-state index contributed by atoms with van der Waals surface area (Å²) in [6.45, 7) is 6.61. The van der Waals surface area contributed by atoms with Crippen LogP contribution < -0.4 is 14.8 Å². The lowest BCUT2D eigenvalue weighted by Crippen LogP contribution is -2.48. The molecule has 6 nitrogen and oxygen atoms in total. The monoisotopic (exact) mass is 299 g/mol. The maximum Gasteiger partial charge on any atom is 0.301 e. The highest BCUT2D eigenvalue weighted by Crippen LogP contribution is 2.27. The summed E-state index contributed by atoms with van der Waals surface area (Å²) in [7, 11) is -3.53. The lowest BCUT2D eigenvalue weighted by atomic mass is 10.2. The van der Waals surface area contributed by atoms with Gasteiger partial charge in [0.25, 0.3) is 0 Å². The zero-order chi connectivity index (χ0) is 14.6. The molecule has 1 aromatic carbocycles. The third-order valence-electron chi connectivity index (χ3n) is 3.09. The van der Waals surface area contributed by atoms with Gasteiger partial charge in [0.15, 0.2) is 0 Å². The van der Waals surface area contributed by atoms with E-state index in [4.69, 9.17) is 4.74 Å². The molecule has 0 aromatic heterocycles. The van der Waals surface area contributed by atoms with E-state index in [0.29, 0.717) is 44.2 Å². The predicted octanol–water partition coefficient (Wildman–Crippen LogP) is 0.956. The highest BCUT2D eigenvalue weighted by atomic mass is 32.2. The summed E-state index contributed by atoms with van der Waals surface area (Å²) in [4.78, 5) is 0. The number of anilines is 1. The number of nitrogens with zero attached hydrogens (tertiary/aromatic N) is 1. The van der Waals surface area contributed by atoms with Crippen LogP contribution in [-0.2, 0) is 10.2 Å². The highest BCUT2D eigenvalue weighted by molar-refractivity contribution is 7.90. The van der Waals surface area contributed by atoms with Crippen LogP contribution in [0.15, 0.2) is 18.2 Å². The second-order valence-corrected chi connectivity index (χ2v) is 6.36. The Kier molecular flexibility index (Phi) is 4.85. The second-order valence-electron chi connectivity index (χ2n) is 4.69. The third-order valence-corrected chi connectivity index (χ3v) is 4.61. The van der Waals surface area contributed by atoms with E-state index in [0.717, 1.165) is 5.56 Å². The van der Waals surface area contributed by atoms with Crippen molar-refractivity contribution in [1.82, 2.24) is 9.62 Å². The van der Waals surface area contributed by atoms with Gasteiger partial charge in [-0.25, -0.2) is 0 Å². The van der Waals surface area contributed by atoms with E-state index in [1.54, 1.807) is 6.07 Å². The zero-order valence-corrected chi connectivity index (χ0v) is 12.7. The summed E-state index contributed by atoms with van der Waals surface area (Å²) in [6, 6.07) is 5.43. The van der Waals surface area contributed by atoms with Gasteiger partial charge in [0, 0.05) is 26.2 Å². The van der Waals surface area contributed by atoms with Gasteiger partial charge in [0.05, 0.1) is 12.3 Å². The van der Waals surface area contributed by atoms with Crippen LogP contribution in [0.1, 0.15) is 12.5 Å². The first-order valence-corrected chi connectivity index (χ1v) is 8.19. The molecule has 0 radical (unpaired) electrons. The number of ether oxygens (including phenoxy) is 1. The Morgan fingerprint density at radius 2 is 2.05 bits per heavy atom. The van der Waals surface area contributed by atoms with E-state index in [2.05, 4.69) is 10.0 Å². The molecule has 0 amide bonds. The first-order valence-electron chi connectivity index (χ1n) is 6.75. The smallest absolute Gasteiger partial charge is 0.301 e. The van der Waals surface area contributed by atoms with Crippen LogP contribution in [0.25, 0.3) is 0 Å². The minimum absolute atomic E-state index is 0.477. The molecule has 2 N–H and O–H groups in total. The van der Waals surface area contributed by atoms with E-state index in [9.17, 15) is 8.42 Å². The van der Waals surface area contributed by atoms with Crippen molar-refractivity contribution in [3.05, 3.63) is 23.8 Å². The maximum absolute atomic E-state index is 12.3. The molecule has 0 bridgehead atoms. The molecule has 7 heteroatoms. The first kappa shape index (κ1) is 15.1. The Labute approximate surface area is 120 Å². The van der Waals surface area contributed by atoms with Gasteiger partial charge >= 0.3 is 10.2 Å². The van der Waals surface area contributed by atoms with Gasteiger partial charge in [-0.05, 0) is 31.5 Å². The zero-order valence-electron chi connectivity index (χ0n) is 11.8. The summed E-state index contributed by atoms with van der Waals surface area (Å²) in [5.41, 5.74) is 1.51. The molecule has 0 atom stereocenters. The molecule has 0 spiro atoms. The third kappa shape index (κ3) is 3.62. The molecule has 112 valence electrons. The van der Waals surface area contributed by atoms with Gasteiger partial charge in [0.1, 0.15) is 5.75 Å². The fourth-order valence-electron chi connectivity index (χ4n) is 2.08. The molecule has 1 fully saturated rings. The fourth-order valence-corrected chi connectivity index (χ4v) is 3.32. The largest absolute Gasteiger partial charge is 0.492 e. The quantitative estimate of drug-likeness (QED) is 0.849. The predicted molar refractivity (Wildman–Crippen MR) is 79.3 cm³/mol. The Hall–Kier alpha value is -1.31. The molecule has 1 aliphatic heterocycles. The Balaban J connectivity index is 2.19. The Morgan fingerprint density at radius 1 is 1.35 bits per heavy atom. The number of hydrogen-bond acceptors (Lipinski definition) is 4. The minimum atomic E-state index is -3.53. The SMILES string of the molecule is CCOc1cc(C)ccc1NS(=O)(=O)N1CCNCC1. The van der Waals surface area contributed by atoms with Crippen molar-refractivity contribution in [1.29, 1.82) is 0 Å². The van der Waals surface area contributed by atoms with E-state index >= 15 is 0 Å². The minimum Gasteiger partial charge on any atom is -0.492 e. The normalized spacial score (nSPS) is 16.9.